The summed E-state index contributed by atoms with van der Waals surface area (Å²) in [6.07, 6.45) is 1.69. The van der Waals surface area contributed by atoms with Crippen LogP contribution in [-0.2, 0) is 19.1 Å². The molecule has 0 unspecified atom stereocenters. The third-order valence-electron chi connectivity index (χ3n) is 6.42. The third kappa shape index (κ3) is 4.42. The van der Waals surface area contributed by atoms with E-state index >= 15 is 0 Å². The highest BCUT2D eigenvalue weighted by atomic mass is 16.5. The Kier molecular flexibility index (Phi) is 7.02. The van der Waals surface area contributed by atoms with Crippen molar-refractivity contribution < 1.29 is 28.6 Å². The molecular weight excluding hydrogens is 472 g/mol. The van der Waals surface area contributed by atoms with Crippen molar-refractivity contribution in [2.24, 2.45) is 0 Å². The van der Waals surface area contributed by atoms with Gasteiger partial charge in [0.2, 0.25) is 0 Å². The maximum atomic E-state index is 13.7. The van der Waals surface area contributed by atoms with Gasteiger partial charge in [0.05, 0.1) is 49.4 Å². The van der Waals surface area contributed by atoms with Gasteiger partial charge in [0.25, 0.3) is 5.91 Å². The van der Waals surface area contributed by atoms with Gasteiger partial charge in [0.15, 0.2) is 0 Å². The molecule has 2 heterocycles. The lowest BCUT2D eigenvalue weighted by Crippen LogP contribution is -2.24. The van der Waals surface area contributed by atoms with Crippen molar-refractivity contribution >= 4 is 29.6 Å². The van der Waals surface area contributed by atoms with Crippen molar-refractivity contribution in [1.29, 1.82) is 0 Å². The first-order chi connectivity index (χ1) is 17.7. The molecule has 190 valence electrons. The lowest BCUT2D eigenvalue weighted by atomic mass is 10.0. The molecule has 1 amide bonds. The number of carbonyl (C=O) groups is 3. The first-order valence-electron chi connectivity index (χ1n) is 11.6. The molecule has 0 bridgehead atoms. The predicted molar refractivity (Wildman–Crippen MR) is 140 cm³/mol. The minimum atomic E-state index is -0.604. The van der Waals surface area contributed by atoms with Gasteiger partial charge < -0.3 is 18.8 Å². The first kappa shape index (κ1) is 25.5. The van der Waals surface area contributed by atoms with E-state index in [1.165, 1.54) is 19.1 Å². The molecule has 0 spiro atoms. The van der Waals surface area contributed by atoms with Crippen molar-refractivity contribution in [3.63, 3.8) is 0 Å². The van der Waals surface area contributed by atoms with Crippen LogP contribution in [0.25, 0.3) is 11.8 Å². The van der Waals surface area contributed by atoms with Crippen LogP contribution >= 0.6 is 0 Å². The van der Waals surface area contributed by atoms with Crippen molar-refractivity contribution in [2.45, 2.75) is 20.8 Å². The summed E-state index contributed by atoms with van der Waals surface area (Å²) in [7, 11) is 4.18. The summed E-state index contributed by atoms with van der Waals surface area (Å²) in [6, 6.07) is 16.1. The monoisotopic (exact) mass is 500 g/mol. The van der Waals surface area contributed by atoms with Crippen molar-refractivity contribution in [1.82, 2.24) is 4.57 Å². The number of amides is 1. The number of hydrogen-bond donors (Lipinski definition) is 0. The molecule has 8 nitrogen and oxygen atoms in total. The number of allylic oxidation sites excluding steroid dienone is 1. The normalized spacial score (nSPS) is 14.4. The SMILES string of the molecule is COC(=O)C1=C(C)N(c2cccc(OC)c2)C(=O)/C1=C\c1cc(C)n(-c2ccccc2C(=O)OC)c1C. The Morgan fingerprint density at radius 3 is 2.24 bits per heavy atom. The van der Waals surface area contributed by atoms with E-state index in [1.54, 1.807) is 56.5 Å². The van der Waals surface area contributed by atoms with E-state index in [1.807, 2.05) is 36.6 Å². The Morgan fingerprint density at radius 2 is 1.57 bits per heavy atom. The summed E-state index contributed by atoms with van der Waals surface area (Å²) in [5.74, 6) is -0.823. The van der Waals surface area contributed by atoms with Gasteiger partial charge in [-0.2, -0.15) is 0 Å². The molecule has 0 atom stereocenters. The highest BCUT2D eigenvalue weighted by molar-refractivity contribution is 6.24. The lowest BCUT2D eigenvalue weighted by molar-refractivity contribution is -0.136. The van der Waals surface area contributed by atoms with E-state index in [0.29, 0.717) is 28.4 Å². The second kappa shape index (κ2) is 10.2. The molecule has 1 aliphatic rings. The van der Waals surface area contributed by atoms with Crippen LogP contribution in [0.2, 0.25) is 0 Å². The minimum absolute atomic E-state index is 0.190. The number of para-hydroxylation sites is 1. The molecule has 1 aliphatic heterocycles. The highest BCUT2D eigenvalue weighted by Gasteiger charge is 2.38. The fourth-order valence-corrected chi connectivity index (χ4v) is 4.65. The molecule has 2 aromatic carbocycles. The molecule has 0 saturated heterocycles. The molecule has 1 aromatic heterocycles. The largest absolute Gasteiger partial charge is 0.497 e. The number of nitrogens with zero attached hydrogens (tertiary/aromatic N) is 2. The zero-order valence-electron chi connectivity index (χ0n) is 21.6. The Morgan fingerprint density at radius 1 is 0.865 bits per heavy atom. The smallest absolute Gasteiger partial charge is 0.340 e. The molecule has 0 fully saturated rings. The zero-order chi connectivity index (χ0) is 26.9. The van der Waals surface area contributed by atoms with Crippen LogP contribution in [0.3, 0.4) is 0 Å². The number of carbonyl (C=O) groups excluding carboxylic acids is 3. The molecule has 3 aromatic rings. The van der Waals surface area contributed by atoms with Crippen LogP contribution in [0.1, 0.15) is 34.2 Å². The van der Waals surface area contributed by atoms with Crippen LogP contribution in [0.15, 0.2) is 71.4 Å². The molecule has 0 saturated carbocycles. The Balaban J connectivity index is 1.87. The van der Waals surface area contributed by atoms with E-state index in [9.17, 15) is 14.4 Å². The maximum Gasteiger partial charge on any atom is 0.340 e. The molecular formula is C29H28N2O6. The van der Waals surface area contributed by atoms with Crippen LogP contribution in [0, 0.1) is 13.8 Å². The zero-order valence-corrected chi connectivity index (χ0v) is 21.6. The molecule has 0 radical (unpaired) electrons. The number of ether oxygens (including phenoxy) is 3. The fourth-order valence-electron chi connectivity index (χ4n) is 4.65. The molecule has 37 heavy (non-hydrogen) atoms. The van der Waals surface area contributed by atoms with Gasteiger partial charge in [-0.05, 0) is 62.7 Å². The summed E-state index contributed by atoms with van der Waals surface area (Å²) < 4.78 is 17.2. The summed E-state index contributed by atoms with van der Waals surface area (Å²) in [5, 5.41) is 0. The number of benzene rings is 2. The second-order valence-corrected chi connectivity index (χ2v) is 8.52. The van der Waals surface area contributed by atoms with E-state index in [-0.39, 0.29) is 17.1 Å². The van der Waals surface area contributed by atoms with Crippen molar-refractivity contribution in [3.8, 4) is 11.4 Å². The number of hydrogen-bond acceptors (Lipinski definition) is 6. The molecule has 0 aliphatic carbocycles. The quantitative estimate of drug-likeness (QED) is 0.358. The van der Waals surface area contributed by atoms with Gasteiger partial charge in [-0.25, -0.2) is 9.59 Å². The number of aryl methyl sites for hydroxylation is 1. The van der Waals surface area contributed by atoms with Gasteiger partial charge in [-0.3, -0.25) is 9.69 Å². The lowest BCUT2D eigenvalue weighted by Gasteiger charge is -2.18. The number of rotatable bonds is 6. The van der Waals surface area contributed by atoms with E-state index in [2.05, 4.69) is 0 Å². The number of esters is 2. The second-order valence-electron chi connectivity index (χ2n) is 8.52. The third-order valence-corrected chi connectivity index (χ3v) is 6.42. The molecule has 0 N–H and O–H groups in total. The summed E-state index contributed by atoms with van der Waals surface area (Å²) in [4.78, 5) is 40.4. The average molecular weight is 501 g/mol. The highest BCUT2D eigenvalue weighted by Crippen LogP contribution is 2.37. The standard InChI is InChI=1S/C29H28N2O6/c1-17-14-20(18(2)30(17)25-13-8-7-12-23(25)28(33)36-5)15-24-26(29(34)37-6)19(3)31(27(24)32)21-10-9-11-22(16-21)35-4/h7-16H,1-6H3/b24-15-. The Bertz CT molecular complexity index is 1480. The molecule has 4 rings (SSSR count). The van der Waals surface area contributed by atoms with Crippen LogP contribution in [-0.4, -0.2) is 43.7 Å². The van der Waals surface area contributed by atoms with Gasteiger partial charge in [-0.1, -0.05) is 18.2 Å². The fraction of sp³-hybridized carbons (Fsp3) is 0.207. The number of methoxy groups -OCH3 is 3. The van der Waals surface area contributed by atoms with Gasteiger partial charge in [-0.15, -0.1) is 0 Å². The summed E-state index contributed by atoms with van der Waals surface area (Å²) >= 11 is 0. The predicted octanol–water partition coefficient (Wildman–Crippen LogP) is 4.77. The van der Waals surface area contributed by atoms with Gasteiger partial charge in [0, 0.05) is 23.2 Å². The van der Waals surface area contributed by atoms with E-state index in [4.69, 9.17) is 14.2 Å². The van der Waals surface area contributed by atoms with E-state index < -0.39 is 11.9 Å². The van der Waals surface area contributed by atoms with E-state index in [0.717, 1.165) is 17.0 Å². The first-order valence-corrected chi connectivity index (χ1v) is 11.6. The summed E-state index contributed by atoms with van der Waals surface area (Å²) in [5.41, 5.74) is 4.87. The maximum absolute atomic E-state index is 13.7. The minimum Gasteiger partial charge on any atom is -0.497 e. The Hall–Kier alpha value is -4.59. The van der Waals surface area contributed by atoms with Gasteiger partial charge >= 0.3 is 11.9 Å². The number of anilines is 1. The van der Waals surface area contributed by atoms with Crippen molar-refractivity contribution in [2.75, 3.05) is 26.2 Å². The molecule has 8 heteroatoms. The van der Waals surface area contributed by atoms with Crippen LogP contribution in [0.5, 0.6) is 5.75 Å². The van der Waals surface area contributed by atoms with Crippen molar-refractivity contribution in [3.05, 3.63) is 94.0 Å². The summed E-state index contributed by atoms with van der Waals surface area (Å²) in [6.45, 7) is 5.51. The number of aromatic nitrogens is 1. The average Bonchev–Trinajstić information content (AvgIpc) is 3.33. The topological polar surface area (TPSA) is 87.1 Å². The van der Waals surface area contributed by atoms with Crippen LogP contribution < -0.4 is 9.64 Å². The van der Waals surface area contributed by atoms with Gasteiger partial charge in [0.1, 0.15) is 5.75 Å². The Labute approximate surface area is 215 Å². The van der Waals surface area contributed by atoms with Crippen LogP contribution in [0.4, 0.5) is 5.69 Å².